The van der Waals surface area contributed by atoms with Crippen molar-refractivity contribution in [2.45, 2.75) is 56.3 Å². The van der Waals surface area contributed by atoms with Gasteiger partial charge in [0.2, 0.25) is 29.5 Å². The Hall–Kier alpha value is -4.99. The Morgan fingerprint density at radius 3 is 2.00 bits per heavy atom. The summed E-state index contributed by atoms with van der Waals surface area (Å²) in [7, 11) is 0. The molecule has 5 amide bonds. The van der Waals surface area contributed by atoms with E-state index < -0.39 is 78.5 Å². The number of aliphatic carboxylic acids is 2. The molecule has 2 rings (SSSR count). The lowest BCUT2D eigenvalue weighted by molar-refractivity contribution is -0.142. The second-order valence-corrected chi connectivity index (χ2v) is 8.97. The van der Waals surface area contributed by atoms with Gasteiger partial charge < -0.3 is 48.3 Å². The summed E-state index contributed by atoms with van der Waals surface area (Å²) in [6, 6.07) is 0.925. The molecule has 16 nitrogen and oxygen atoms in total. The molecule has 0 saturated carbocycles. The van der Waals surface area contributed by atoms with E-state index in [1.165, 1.54) is 0 Å². The predicted molar refractivity (Wildman–Crippen MR) is 138 cm³/mol. The maximum atomic E-state index is 13.2. The maximum absolute atomic E-state index is 13.2. The monoisotopic (exact) mass is 561 g/mol. The third-order valence-electron chi connectivity index (χ3n) is 5.80. The maximum Gasteiger partial charge on any atom is 0.326 e. The van der Waals surface area contributed by atoms with Crippen LogP contribution in [0.2, 0.25) is 0 Å². The standard InChI is InChI=1S/C24H31N7O9/c25-13(8-20(34)35)21(36)30-17(9-19(27)33)23(38)31-16(7-11-10-28-14-4-2-1-3-12(11)14)22(37)29-15(24(39)40)5-6-18(26)32/h1-4,10,13,15-17,28H,5-9,25H2,(H2,26,32)(H2,27,33)(H,29,37)(H,30,36)(H,31,38)(H,34,35)(H,39,40). The summed E-state index contributed by atoms with van der Waals surface area (Å²) in [5.74, 6) is -7.64. The van der Waals surface area contributed by atoms with Gasteiger partial charge in [-0.25, -0.2) is 4.79 Å². The molecule has 12 N–H and O–H groups in total. The van der Waals surface area contributed by atoms with E-state index in [2.05, 4.69) is 20.9 Å². The molecule has 1 aromatic heterocycles. The molecule has 40 heavy (non-hydrogen) atoms. The zero-order chi connectivity index (χ0) is 30.0. The number of H-pyrrole nitrogens is 1. The Bertz CT molecular complexity index is 1290. The number of amides is 5. The number of carbonyl (C=O) groups excluding carboxylic acids is 5. The Morgan fingerprint density at radius 1 is 0.800 bits per heavy atom. The number of carboxylic acid groups (broad SMARTS) is 2. The third-order valence-corrected chi connectivity index (χ3v) is 5.80. The van der Waals surface area contributed by atoms with Crippen LogP contribution in [-0.2, 0) is 40.0 Å². The minimum absolute atomic E-state index is 0.153. The van der Waals surface area contributed by atoms with Gasteiger partial charge in [0.05, 0.1) is 18.9 Å². The second-order valence-electron chi connectivity index (χ2n) is 8.97. The van der Waals surface area contributed by atoms with Gasteiger partial charge in [-0.2, -0.15) is 0 Å². The molecule has 1 heterocycles. The first-order chi connectivity index (χ1) is 18.8. The molecule has 0 spiro atoms. The van der Waals surface area contributed by atoms with Crippen LogP contribution in [0.1, 0.15) is 31.2 Å². The van der Waals surface area contributed by atoms with Crippen LogP contribution >= 0.6 is 0 Å². The van der Waals surface area contributed by atoms with Gasteiger partial charge in [0.25, 0.3) is 0 Å². The number of hydrogen-bond acceptors (Lipinski definition) is 8. The van der Waals surface area contributed by atoms with Crippen LogP contribution in [0.4, 0.5) is 0 Å². The number of primary amides is 2. The highest BCUT2D eigenvalue weighted by Gasteiger charge is 2.32. The highest BCUT2D eigenvalue weighted by Crippen LogP contribution is 2.19. The molecule has 0 radical (unpaired) electrons. The van der Waals surface area contributed by atoms with E-state index in [9.17, 15) is 38.7 Å². The van der Waals surface area contributed by atoms with E-state index in [-0.39, 0.29) is 19.3 Å². The molecule has 216 valence electrons. The highest BCUT2D eigenvalue weighted by atomic mass is 16.4. The summed E-state index contributed by atoms with van der Waals surface area (Å²) in [5, 5.41) is 25.9. The molecule has 4 unspecified atom stereocenters. The average molecular weight is 562 g/mol. The molecular formula is C24H31N7O9. The first-order valence-electron chi connectivity index (χ1n) is 12.0. The van der Waals surface area contributed by atoms with E-state index in [1.807, 2.05) is 0 Å². The summed E-state index contributed by atoms with van der Waals surface area (Å²) < 4.78 is 0. The van der Waals surface area contributed by atoms with Gasteiger partial charge in [0.15, 0.2) is 0 Å². The van der Waals surface area contributed by atoms with E-state index in [0.29, 0.717) is 10.9 Å². The molecule has 0 aliphatic rings. The van der Waals surface area contributed by atoms with E-state index in [4.69, 9.17) is 22.3 Å². The Balaban J connectivity index is 2.33. The minimum Gasteiger partial charge on any atom is -0.481 e. The fraction of sp³-hybridized carbons (Fsp3) is 0.375. The quantitative estimate of drug-likeness (QED) is 0.101. The van der Waals surface area contributed by atoms with Crippen molar-refractivity contribution in [2.75, 3.05) is 0 Å². The molecule has 2 aromatic rings. The van der Waals surface area contributed by atoms with Crippen LogP contribution < -0.4 is 33.2 Å². The lowest BCUT2D eigenvalue weighted by atomic mass is 10.0. The van der Waals surface area contributed by atoms with Crippen LogP contribution in [0.25, 0.3) is 10.9 Å². The number of benzene rings is 1. The van der Waals surface area contributed by atoms with Crippen molar-refractivity contribution in [1.82, 2.24) is 20.9 Å². The number of carboxylic acids is 2. The number of para-hydroxylation sites is 1. The lowest BCUT2D eigenvalue weighted by Gasteiger charge is -2.24. The van der Waals surface area contributed by atoms with Crippen molar-refractivity contribution >= 4 is 52.4 Å². The van der Waals surface area contributed by atoms with Crippen molar-refractivity contribution in [3.63, 3.8) is 0 Å². The highest BCUT2D eigenvalue weighted by molar-refractivity contribution is 5.97. The van der Waals surface area contributed by atoms with Crippen molar-refractivity contribution in [1.29, 1.82) is 0 Å². The molecule has 0 aliphatic carbocycles. The number of aromatic amines is 1. The zero-order valence-corrected chi connectivity index (χ0v) is 21.2. The van der Waals surface area contributed by atoms with Gasteiger partial charge in [0, 0.05) is 29.9 Å². The molecule has 0 saturated heterocycles. The molecule has 4 atom stereocenters. The summed E-state index contributed by atoms with van der Waals surface area (Å²) in [4.78, 5) is 87.0. The Morgan fingerprint density at radius 2 is 1.40 bits per heavy atom. The van der Waals surface area contributed by atoms with Gasteiger partial charge in [-0.1, -0.05) is 18.2 Å². The number of nitrogens with one attached hydrogen (secondary N) is 4. The fourth-order valence-electron chi connectivity index (χ4n) is 3.79. The molecule has 16 heteroatoms. The van der Waals surface area contributed by atoms with Crippen LogP contribution in [0, 0.1) is 0 Å². The molecule has 1 aromatic carbocycles. The second kappa shape index (κ2) is 14.2. The first kappa shape index (κ1) is 31.2. The fourth-order valence-corrected chi connectivity index (χ4v) is 3.79. The smallest absolute Gasteiger partial charge is 0.326 e. The van der Waals surface area contributed by atoms with Crippen molar-refractivity contribution in [2.24, 2.45) is 17.2 Å². The van der Waals surface area contributed by atoms with Crippen molar-refractivity contribution < 1.29 is 43.8 Å². The van der Waals surface area contributed by atoms with Gasteiger partial charge in [0.1, 0.15) is 18.1 Å². The van der Waals surface area contributed by atoms with Gasteiger partial charge in [-0.3, -0.25) is 28.8 Å². The van der Waals surface area contributed by atoms with Crippen LogP contribution in [0.3, 0.4) is 0 Å². The first-order valence-corrected chi connectivity index (χ1v) is 12.0. The van der Waals surface area contributed by atoms with E-state index in [0.717, 1.165) is 5.52 Å². The van der Waals surface area contributed by atoms with E-state index in [1.54, 1.807) is 30.5 Å². The number of nitrogens with two attached hydrogens (primary N) is 3. The normalized spacial score (nSPS) is 13.8. The predicted octanol–water partition coefficient (Wildman–Crippen LogP) is -2.81. The number of hydrogen-bond donors (Lipinski definition) is 9. The summed E-state index contributed by atoms with van der Waals surface area (Å²) in [6.07, 6.45) is -0.683. The minimum atomic E-state index is -1.63. The van der Waals surface area contributed by atoms with Crippen LogP contribution in [0.15, 0.2) is 30.5 Å². The molecular weight excluding hydrogens is 530 g/mol. The van der Waals surface area contributed by atoms with Crippen LogP contribution in [0.5, 0.6) is 0 Å². The number of aromatic nitrogens is 1. The molecule has 0 fully saturated rings. The van der Waals surface area contributed by atoms with Crippen molar-refractivity contribution in [3.05, 3.63) is 36.0 Å². The Kier molecular flexibility index (Phi) is 11.1. The molecule has 0 bridgehead atoms. The summed E-state index contributed by atoms with van der Waals surface area (Å²) >= 11 is 0. The van der Waals surface area contributed by atoms with Gasteiger partial charge in [-0.15, -0.1) is 0 Å². The van der Waals surface area contributed by atoms with E-state index >= 15 is 0 Å². The number of fused-ring (bicyclic) bond motifs is 1. The van der Waals surface area contributed by atoms with Crippen LogP contribution in [-0.4, -0.2) is 80.8 Å². The number of carbonyl (C=O) groups is 7. The zero-order valence-electron chi connectivity index (χ0n) is 21.2. The van der Waals surface area contributed by atoms with Gasteiger partial charge in [-0.05, 0) is 18.1 Å². The SMILES string of the molecule is NC(=O)CCC(NC(=O)C(Cc1c[nH]c2ccccc12)NC(=O)C(CC(N)=O)NC(=O)C(N)CC(=O)O)C(=O)O. The lowest BCUT2D eigenvalue weighted by Crippen LogP contribution is -2.58. The largest absolute Gasteiger partial charge is 0.481 e. The number of rotatable bonds is 16. The summed E-state index contributed by atoms with van der Waals surface area (Å²) in [5.41, 5.74) is 17.1. The average Bonchev–Trinajstić information content (AvgIpc) is 3.27. The topological polar surface area (TPSA) is 290 Å². The molecule has 0 aliphatic heterocycles. The van der Waals surface area contributed by atoms with Crippen molar-refractivity contribution in [3.8, 4) is 0 Å². The van der Waals surface area contributed by atoms with Gasteiger partial charge >= 0.3 is 11.9 Å². The summed E-state index contributed by atoms with van der Waals surface area (Å²) in [6.45, 7) is 0. The third kappa shape index (κ3) is 9.39. The Labute approximate surface area is 227 Å².